The molecule has 5 N–H and O–H groups in total. The molecule has 2 saturated heterocycles. The predicted molar refractivity (Wildman–Crippen MR) is 100 cm³/mol. The van der Waals surface area contributed by atoms with Crippen molar-refractivity contribution >= 4 is 19.0 Å². The minimum absolute atomic E-state index is 0.0261. The lowest BCUT2D eigenvalue weighted by Crippen LogP contribution is -2.61. The third-order valence-corrected chi connectivity index (χ3v) is 5.17. The van der Waals surface area contributed by atoms with Crippen molar-refractivity contribution in [3.63, 3.8) is 0 Å². The number of hydrogen-bond acceptors (Lipinski definition) is 7. The lowest BCUT2D eigenvalue weighted by atomic mass is 9.82. The first-order valence-corrected chi connectivity index (χ1v) is 9.50. The van der Waals surface area contributed by atoms with Crippen LogP contribution in [0.5, 0.6) is 11.5 Å². The summed E-state index contributed by atoms with van der Waals surface area (Å²) < 4.78 is 5.72. The summed E-state index contributed by atoms with van der Waals surface area (Å²) in [5.74, 6) is -1.70. The van der Waals surface area contributed by atoms with Crippen LogP contribution in [0.2, 0.25) is 6.32 Å². The molecule has 0 radical (unpaired) electrons. The van der Waals surface area contributed by atoms with E-state index in [0.717, 1.165) is 25.8 Å². The summed E-state index contributed by atoms with van der Waals surface area (Å²) in [5.41, 5.74) is -0.0599. The molecular weight excluding hydrogens is 367 g/mol. The predicted octanol–water partition coefficient (Wildman–Crippen LogP) is -0.163. The van der Waals surface area contributed by atoms with E-state index in [1.807, 2.05) is 0 Å². The molecule has 1 unspecified atom stereocenters. The Bertz CT molecular complexity index is 731. The van der Waals surface area contributed by atoms with Gasteiger partial charge in [-0.25, -0.2) is 4.79 Å². The van der Waals surface area contributed by atoms with Gasteiger partial charge in [0.05, 0.1) is 19.1 Å². The maximum Gasteiger partial charge on any atom is 0.451 e. The van der Waals surface area contributed by atoms with Crippen LogP contribution >= 0.6 is 0 Å². The zero-order valence-electron chi connectivity index (χ0n) is 15.5. The molecule has 10 heteroatoms. The van der Waals surface area contributed by atoms with E-state index in [2.05, 4.69) is 5.32 Å². The second-order valence-electron chi connectivity index (χ2n) is 7.26. The fourth-order valence-electron chi connectivity index (χ4n) is 3.56. The Kier molecular flexibility index (Phi) is 6.43. The third-order valence-electron chi connectivity index (χ3n) is 5.17. The van der Waals surface area contributed by atoms with Gasteiger partial charge in [-0.2, -0.15) is 0 Å². The van der Waals surface area contributed by atoms with Crippen molar-refractivity contribution in [3.8, 4) is 11.5 Å². The van der Waals surface area contributed by atoms with Crippen LogP contribution in [0.1, 0.15) is 35.2 Å². The van der Waals surface area contributed by atoms with Gasteiger partial charge >= 0.3 is 13.1 Å². The first kappa shape index (κ1) is 20.4. The van der Waals surface area contributed by atoms with E-state index in [0.29, 0.717) is 18.7 Å². The molecule has 0 aromatic heterocycles. The summed E-state index contributed by atoms with van der Waals surface area (Å²) in [7, 11) is -1.54. The number of ether oxygens (including phenoxy) is 1. The third kappa shape index (κ3) is 4.57. The van der Waals surface area contributed by atoms with Gasteiger partial charge in [0.25, 0.3) is 0 Å². The number of amides is 1. The standard InChI is InChI=1S/C18H25BN2O7/c22-16-11(6-7-19(26)27)4-5-14(15(16)18(24)25)28-12-9-21(10-12)17(23)13-3-1-2-8-20-13/h4-5,12-13,20,22,26-27H,1-3,6-10H2,(H,24,25). The first-order valence-electron chi connectivity index (χ1n) is 9.50. The average molecular weight is 392 g/mol. The second kappa shape index (κ2) is 8.81. The van der Waals surface area contributed by atoms with Crippen LogP contribution in [-0.2, 0) is 11.2 Å². The number of nitrogens with one attached hydrogen (secondary N) is 1. The number of carbonyl (C=O) groups excluding carboxylic acids is 1. The second-order valence-corrected chi connectivity index (χ2v) is 7.26. The summed E-state index contributed by atoms with van der Waals surface area (Å²) in [6.45, 7) is 1.58. The highest BCUT2D eigenvalue weighted by atomic mass is 16.5. The largest absolute Gasteiger partial charge is 0.507 e. The molecule has 9 nitrogen and oxygen atoms in total. The zero-order valence-corrected chi connectivity index (χ0v) is 15.5. The van der Waals surface area contributed by atoms with Crippen LogP contribution in [0, 0.1) is 0 Å². The average Bonchev–Trinajstić information content (AvgIpc) is 2.63. The van der Waals surface area contributed by atoms with Crippen molar-refractivity contribution < 1.29 is 34.6 Å². The van der Waals surface area contributed by atoms with E-state index in [1.54, 1.807) is 4.90 Å². The molecule has 1 aromatic rings. The molecule has 2 aliphatic heterocycles. The molecule has 2 aliphatic rings. The van der Waals surface area contributed by atoms with Crippen molar-refractivity contribution in [1.29, 1.82) is 0 Å². The van der Waals surface area contributed by atoms with Crippen LogP contribution in [0.4, 0.5) is 0 Å². The van der Waals surface area contributed by atoms with Crippen LogP contribution < -0.4 is 10.1 Å². The highest BCUT2D eigenvalue weighted by Gasteiger charge is 2.37. The molecule has 1 amide bonds. The van der Waals surface area contributed by atoms with Gasteiger partial charge in [-0.15, -0.1) is 0 Å². The van der Waals surface area contributed by atoms with E-state index >= 15 is 0 Å². The van der Waals surface area contributed by atoms with Crippen molar-refractivity contribution in [1.82, 2.24) is 10.2 Å². The molecule has 2 fully saturated rings. The van der Waals surface area contributed by atoms with E-state index < -0.39 is 18.8 Å². The Labute approximate surface area is 163 Å². The Morgan fingerprint density at radius 3 is 2.61 bits per heavy atom. The Balaban J connectivity index is 1.62. The van der Waals surface area contributed by atoms with Crippen molar-refractivity contribution in [3.05, 3.63) is 23.3 Å². The summed E-state index contributed by atoms with van der Waals surface area (Å²) in [4.78, 5) is 25.7. The highest BCUT2D eigenvalue weighted by molar-refractivity contribution is 6.41. The number of aryl methyl sites for hydroxylation is 1. The van der Waals surface area contributed by atoms with E-state index in [9.17, 15) is 19.8 Å². The summed E-state index contributed by atoms with van der Waals surface area (Å²) in [6, 6.07) is 2.80. The quantitative estimate of drug-likeness (QED) is 0.404. The van der Waals surface area contributed by atoms with Crippen LogP contribution in [0.15, 0.2) is 12.1 Å². The first-order chi connectivity index (χ1) is 13.4. The highest BCUT2D eigenvalue weighted by Crippen LogP contribution is 2.34. The normalized spacial score (nSPS) is 19.8. The van der Waals surface area contributed by atoms with Crippen molar-refractivity contribution in [2.75, 3.05) is 19.6 Å². The lowest BCUT2D eigenvalue weighted by molar-refractivity contribution is -0.142. The fourth-order valence-corrected chi connectivity index (χ4v) is 3.56. The lowest BCUT2D eigenvalue weighted by Gasteiger charge is -2.41. The maximum atomic E-state index is 12.4. The Morgan fingerprint density at radius 1 is 1.25 bits per heavy atom. The topological polar surface area (TPSA) is 140 Å². The van der Waals surface area contributed by atoms with Gasteiger partial charge < -0.3 is 35.2 Å². The molecule has 1 aromatic carbocycles. The molecule has 28 heavy (non-hydrogen) atoms. The number of aromatic carboxylic acids is 1. The van der Waals surface area contributed by atoms with Gasteiger partial charge in [0, 0.05) is 0 Å². The number of aromatic hydroxyl groups is 1. The number of hydrogen-bond donors (Lipinski definition) is 5. The van der Waals surface area contributed by atoms with E-state index in [-0.39, 0.29) is 42.1 Å². The number of carboxylic acid groups (broad SMARTS) is 1. The van der Waals surface area contributed by atoms with Gasteiger partial charge in [0.2, 0.25) is 5.91 Å². The molecule has 152 valence electrons. The van der Waals surface area contributed by atoms with E-state index in [1.165, 1.54) is 12.1 Å². The summed E-state index contributed by atoms with van der Waals surface area (Å²) >= 11 is 0. The number of carboxylic acids is 1. The number of phenols is 1. The fraction of sp³-hybridized carbons (Fsp3) is 0.556. The maximum absolute atomic E-state index is 12.4. The molecule has 0 saturated carbocycles. The van der Waals surface area contributed by atoms with Gasteiger partial charge in [0.15, 0.2) is 0 Å². The minimum Gasteiger partial charge on any atom is -0.507 e. The molecule has 1 atom stereocenters. The molecule has 0 bridgehead atoms. The molecule has 2 heterocycles. The molecule has 0 aliphatic carbocycles. The van der Waals surface area contributed by atoms with Crippen molar-refractivity contribution in [2.45, 2.75) is 44.1 Å². The zero-order chi connectivity index (χ0) is 20.3. The monoisotopic (exact) mass is 392 g/mol. The molecular formula is C18H25BN2O7. The number of nitrogens with zero attached hydrogens (tertiary/aromatic N) is 1. The summed E-state index contributed by atoms with van der Waals surface area (Å²) in [6.07, 6.45) is 2.67. The van der Waals surface area contributed by atoms with Crippen LogP contribution in [0.25, 0.3) is 0 Å². The van der Waals surface area contributed by atoms with Gasteiger partial charge in [-0.1, -0.05) is 12.5 Å². The summed E-state index contributed by atoms with van der Waals surface area (Å²) in [5, 5.41) is 40.8. The van der Waals surface area contributed by atoms with E-state index in [4.69, 9.17) is 14.8 Å². The number of benzene rings is 1. The van der Waals surface area contributed by atoms with Gasteiger partial charge in [0.1, 0.15) is 23.2 Å². The number of piperidine rings is 1. The minimum atomic E-state index is -1.54. The number of likely N-dealkylation sites (tertiary alicyclic amines) is 1. The van der Waals surface area contributed by atoms with Crippen molar-refractivity contribution in [2.24, 2.45) is 0 Å². The smallest absolute Gasteiger partial charge is 0.451 e. The van der Waals surface area contributed by atoms with Gasteiger partial charge in [-0.05, 0) is 43.8 Å². The van der Waals surface area contributed by atoms with Crippen LogP contribution in [0.3, 0.4) is 0 Å². The van der Waals surface area contributed by atoms with Gasteiger partial charge in [-0.3, -0.25) is 4.79 Å². The number of carbonyl (C=O) groups is 2. The SMILES string of the molecule is O=C(O)c1c(OC2CN(C(=O)C3CCCCN3)C2)ccc(CCB(O)O)c1O. The Morgan fingerprint density at radius 2 is 2.00 bits per heavy atom. The Hall–Kier alpha value is -2.30. The van der Waals surface area contributed by atoms with Crippen LogP contribution in [-0.4, -0.2) is 75.9 Å². The molecule has 3 rings (SSSR count). The molecule has 0 spiro atoms. The number of rotatable bonds is 7.